The molecule has 2 aromatic rings. The summed E-state index contributed by atoms with van der Waals surface area (Å²) in [6.45, 7) is 3.88. The highest BCUT2D eigenvalue weighted by atomic mass is 79.9. The second-order valence-corrected chi connectivity index (χ2v) is 5.75. The molecule has 1 nitrogen and oxygen atoms in total. The lowest BCUT2D eigenvalue weighted by Gasteiger charge is -2.21. The van der Waals surface area contributed by atoms with E-state index in [1.54, 1.807) is 0 Å². The lowest BCUT2D eigenvalue weighted by Crippen LogP contribution is -2.23. The lowest BCUT2D eigenvalue weighted by molar-refractivity contribution is 0.470. The molecule has 0 amide bonds. The minimum atomic E-state index is -0.557. The third-order valence-corrected chi connectivity index (χ3v) is 3.77. The summed E-state index contributed by atoms with van der Waals surface area (Å²) in [5.41, 5.74) is 1.57. The molecule has 2 rings (SSSR count). The molecular formula is C16H16BrF2N. The fraction of sp³-hybridized carbons (Fsp3) is 0.250. The van der Waals surface area contributed by atoms with Crippen LogP contribution in [0.25, 0.3) is 0 Å². The SMILES string of the molecule is CC(NC(C)c1ccc(F)cc1F)c1cccc(Br)c1. The molecule has 0 radical (unpaired) electrons. The van der Waals surface area contributed by atoms with Gasteiger partial charge in [-0.3, -0.25) is 0 Å². The summed E-state index contributed by atoms with van der Waals surface area (Å²) < 4.78 is 27.7. The summed E-state index contributed by atoms with van der Waals surface area (Å²) in [5, 5.41) is 3.32. The topological polar surface area (TPSA) is 12.0 Å². The fourth-order valence-corrected chi connectivity index (χ4v) is 2.61. The quantitative estimate of drug-likeness (QED) is 0.813. The van der Waals surface area contributed by atoms with Crippen LogP contribution < -0.4 is 5.32 Å². The van der Waals surface area contributed by atoms with Crippen molar-refractivity contribution in [2.45, 2.75) is 25.9 Å². The molecular weight excluding hydrogens is 324 g/mol. The van der Waals surface area contributed by atoms with Crippen molar-refractivity contribution in [3.63, 3.8) is 0 Å². The van der Waals surface area contributed by atoms with Crippen LogP contribution in [0.15, 0.2) is 46.9 Å². The van der Waals surface area contributed by atoms with Gasteiger partial charge in [-0.1, -0.05) is 34.1 Å². The highest BCUT2D eigenvalue weighted by Gasteiger charge is 2.15. The van der Waals surface area contributed by atoms with Crippen LogP contribution in [0.2, 0.25) is 0 Å². The van der Waals surface area contributed by atoms with Crippen molar-refractivity contribution in [3.8, 4) is 0 Å². The van der Waals surface area contributed by atoms with Crippen molar-refractivity contribution in [1.29, 1.82) is 0 Å². The average molecular weight is 340 g/mol. The van der Waals surface area contributed by atoms with Crippen LogP contribution in [0.1, 0.15) is 37.1 Å². The van der Waals surface area contributed by atoms with Gasteiger partial charge in [-0.15, -0.1) is 0 Å². The molecule has 20 heavy (non-hydrogen) atoms. The smallest absolute Gasteiger partial charge is 0.130 e. The molecule has 0 spiro atoms. The Bertz CT molecular complexity index is 601. The maximum Gasteiger partial charge on any atom is 0.130 e. The van der Waals surface area contributed by atoms with Gasteiger partial charge in [-0.2, -0.15) is 0 Å². The molecule has 2 atom stereocenters. The van der Waals surface area contributed by atoms with Gasteiger partial charge in [0, 0.05) is 28.2 Å². The van der Waals surface area contributed by atoms with Gasteiger partial charge >= 0.3 is 0 Å². The van der Waals surface area contributed by atoms with Gasteiger partial charge in [0.05, 0.1) is 0 Å². The minimum absolute atomic E-state index is 0.0620. The van der Waals surface area contributed by atoms with Crippen molar-refractivity contribution in [2.75, 3.05) is 0 Å². The summed E-state index contributed by atoms with van der Waals surface area (Å²) in [7, 11) is 0. The molecule has 0 fully saturated rings. The highest BCUT2D eigenvalue weighted by Crippen LogP contribution is 2.23. The Kier molecular flexibility index (Phi) is 4.89. The molecule has 0 saturated carbocycles. The lowest BCUT2D eigenvalue weighted by atomic mass is 10.0. The van der Waals surface area contributed by atoms with Gasteiger partial charge < -0.3 is 5.32 Å². The zero-order valence-electron chi connectivity index (χ0n) is 11.3. The third kappa shape index (κ3) is 3.64. The van der Waals surface area contributed by atoms with E-state index < -0.39 is 11.6 Å². The van der Waals surface area contributed by atoms with E-state index in [0.717, 1.165) is 16.1 Å². The van der Waals surface area contributed by atoms with E-state index in [0.29, 0.717) is 5.56 Å². The van der Waals surface area contributed by atoms with Crippen molar-refractivity contribution in [1.82, 2.24) is 5.32 Å². The molecule has 0 aliphatic carbocycles. The number of nitrogens with one attached hydrogen (secondary N) is 1. The molecule has 0 aromatic heterocycles. The number of benzene rings is 2. The molecule has 0 aliphatic heterocycles. The molecule has 0 bridgehead atoms. The molecule has 106 valence electrons. The highest BCUT2D eigenvalue weighted by molar-refractivity contribution is 9.10. The van der Waals surface area contributed by atoms with Crippen molar-refractivity contribution in [2.24, 2.45) is 0 Å². The van der Waals surface area contributed by atoms with Crippen LogP contribution in [-0.4, -0.2) is 0 Å². The Balaban J connectivity index is 2.12. The normalized spacial score (nSPS) is 14.1. The second kappa shape index (κ2) is 6.46. The second-order valence-electron chi connectivity index (χ2n) is 4.83. The van der Waals surface area contributed by atoms with E-state index >= 15 is 0 Å². The molecule has 4 heteroatoms. The summed E-state index contributed by atoms with van der Waals surface area (Å²) in [6, 6.07) is 11.5. The minimum Gasteiger partial charge on any atom is -0.304 e. The molecule has 2 unspecified atom stereocenters. The summed E-state index contributed by atoms with van der Waals surface area (Å²) in [6.07, 6.45) is 0. The van der Waals surface area contributed by atoms with Gasteiger partial charge in [0.25, 0.3) is 0 Å². The summed E-state index contributed by atoms with van der Waals surface area (Å²) in [5.74, 6) is -1.08. The van der Waals surface area contributed by atoms with Crippen LogP contribution in [-0.2, 0) is 0 Å². The standard InChI is InChI=1S/C16H16BrF2N/c1-10(12-4-3-5-13(17)8-12)20-11(2)15-7-6-14(18)9-16(15)19/h3-11,20H,1-2H3. The van der Waals surface area contributed by atoms with Crippen LogP contribution in [0.3, 0.4) is 0 Å². The van der Waals surface area contributed by atoms with Gasteiger partial charge in [-0.25, -0.2) is 8.78 Å². The van der Waals surface area contributed by atoms with E-state index in [9.17, 15) is 8.78 Å². The Hall–Kier alpha value is -1.26. The zero-order valence-corrected chi connectivity index (χ0v) is 12.9. The number of rotatable bonds is 4. The average Bonchev–Trinajstić information content (AvgIpc) is 2.38. The van der Waals surface area contributed by atoms with E-state index in [2.05, 4.69) is 21.2 Å². The van der Waals surface area contributed by atoms with Crippen molar-refractivity contribution >= 4 is 15.9 Å². The van der Waals surface area contributed by atoms with Gasteiger partial charge in [0.15, 0.2) is 0 Å². The third-order valence-electron chi connectivity index (χ3n) is 3.28. The van der Waals surface area contributed by atoms with E-state index in [-0.39, 0.29) is 12.1 Å². The number of hydrogen-bond acceptors (Lipinski definition) is 1. The largest absolute Gasteiger partial charge is 0.304 e. The number of hydrogen-bond donors (Lipinski definition) is 1. The maximum absolute atomic E-state index is 13.7. The predicted octanol–water partition coefficient (Wildman–Crippen LogP) is 5.14. The molecule has 0 aliphatic rings. The fourth-order valence-electron chi connectivity index (χ4n) is 2.19. The first kappa shape index (κ1) is 15.1. The Labute approximate surface area is 126 Å². The first-order valence-electron chi connectivity index (χ1n) is 6.44. The van der Waals surface area contributed by atoms with Crippen LogP contribution in [0, 0.1) is 11.6 Å². The van der Waals surface area contributed by atoms with Crippen molar-refractivity contribution < 1.29 is 8.78 Å². The summed E-state index contributed by atoms with van der Waals surface area (Å²) in [4.78, 5) is 0. The molecule has 2 aromatic carbocycles. The Morgan fingerprint density at radius 3 is 2.40 bits per heavy atom. The van der Waals surface area contributed by atoms with Crippen LogP contribution >= 0.6 is 15.9 Å². The predicted molar refractivity (Wildman–Crippen MR) is 80.5 cm³/mol. The van der Waals surface area contributed by atoms with Gasteiger partial charge in [-0.05, 0) is 37.6 Å². The van der Waals surface area contributed by atoms with Gasteiger partial charge in [0.1, 0.15) is 11.6 Å². The van der Waals surface area contributed by atoms with Crippen molar-refractivity contribution in [3.05, 3.63) is 69.7 Å². The molecule has 1 N–H and O–H groups in total. The van der Waals surface area contributed by atoms with E-state index in [1.165, 1.54) is 12.1 Å². The molecule has 0 heterocycles. The van der Waals surface area contributed by atoms with E-state index in [4.69, 9.17) is 0 Å². The monoisotopic (exact) mass is 339 g/mol. The number of halogens is 3. The first-order chi connectivity index (χ1) is 9.47. The molecule has 0 saturated heterocycles. The Morgan fingerprint density at radius 2 is 1.75 bits per heavy atom. The van der Waals surface area contributed by atoms with Crippen LogP contribution in [0.5, 0.6) is 0 Å². The summed E-state index contributed by atoms with van der Waals surface area (Å²) >= 11 is 3.43. The van der Waals surface area contributed by atoms with Gasteiger partial charge in [0.2, 0.25) is 0 Å². The van der Waals surface area contributed by atoms with E-state index in [1.807, 2.05) is 38.1 Å². The zero-order chi connectivity index (χ0) is 14.7. The van der Waals surface area contributed by atoms with Crippen LogP contribution in [0.4, 0.5) is 8.78 Å². The first-order valence-corrected chi connectivity index (χ1v) is 7.23. The maximum atomic E-state index is 13.7. The Morgan fingerprint density at radius 1 is 1.00 bits per heavy atom.